The van der Waals surface area contributed by atoms with Crippen LogP contribution in [0, 0.1) is 13.8 Å². The number of hydrogen-bond acceptors (Lipinski definition) is 0. The van der Waals surface area contributed by atoms with Crippen LogP contribution < -0.4 is 15.9 Å². The number of hydrogen-bond donors (Lipinski definition) is 0. The van der Waals surface area contributed by atoms with Crippen LogP contribution in [0.15, 0.2) is 79.4 Å². The molecule has 0 aromatic heterocycles. The summed E-state index contributed by atoms with van der Waals surface area (Å²) in [7, 11) is -0.522. The minimum atomic E-state index is -0.522. The lowest BCUT2D eigenvalue weighted by Crippen LogP contribution is -2.20. The van der Waals surface area contributed by atoms with Gasteiger partial charge in [-0.3, -0.25) is 0 Å². The van der Waals surface area contributed by atoms with Gasteiger partial charge in [-0.1, -0.05) is 96.6 Å². The fourth-order valence-corrected chi connectivity index (χ4v) is 4.83. The Morgan fingerprint density at radius 1 is 0.609 bits per heavy atom. The first-order valence-corrected chi connectivity index (χ1v) is 9.17. The van der Waals surface area contributed by atoms with Crippen LogP contribution in [0.2, 0.25) is 0 Å². The van der Waals surface area contributed by atoms with E-state index in [-0.39, 0.29) is 0 Å². The maximum Gasteiger partial charge on any atom is -0.0134 e. The lowest BCUT2D eigenvalue weighted by Gasteiger charge is -2.20. The van der Waals surface area contributed by atoms with Gasteiger partial charge in [-0.2, -0.15) is 0 Å². The summed E-state index contributed by atoms with van der Waals surface area (Å²) in [6.45, 7) is 8.12. The van der Waals surface area contributed by atoms with Crippen molar-refractivity contribution in [2.75, 3.05) is 0 Å². The minimum Gasteiger partial charge on any atom is -0.0985 e. The Bertz CT molecular complexity index is 735. The second-order valence-electron chi connectivity index (χ2n) is 5.80. The Morgan fingerprint density at radius 2 is 0.957 bits per heavy atom. The molecule has 0 saturated carbocycles. The molecule has 0 N–H and O–H groups in total. The third-order valence-electron chi connectivity index (χ3n) is 3.97. The molecule has 0 spiro atoms. The standard InChI is InChI=1S/C22H21P/c1-4-19-9-15-22(16-10-19)23(20-11-5-17(2)6-12-20)21-13-7-18(3)8-14-21/h4-16H,1H2,2-3H3. The maximum atomic E-state index is 3.85. The molecule has 0 saturated heterocycles. The number of rotatable bonds is 4. The van der Waals surface area contributed by atoms with E-state index in [9.17, 15) is 0 Å². The van der Waals surface area contributed by atoms with Gasteiger partial charge < -0.3 is 0 Å². The van der Waals surface area contributed by atoms with Gasteiger partial charge in [0.25, 0.3) is 0 Å². The lowest BCUT2D eigenvalue weighted by molar-refractivity contribution is 1.49. The van der Waals surface area contributed by atoms with E-state index in [1.807, 2.05) is 6.08 Å². The second-order valence-corrected chi connectivity index (χ2v) is 8.02. The zero-order valence-corrected chi connectivity index (χ0v) is 14.6. The third-order valence-corrected chi connectivity index (χ3v) is 6.41. The molecule has 114 valence electrons. The molecule has 3 aromatic rings. The first-order chi connectivity index (χ1) is 11.2. The molecular formula is C22H21P. The first kappa shape index (κ1) is 15.7. The van der Waals surface area contributed by atoms with Crippen LogP contribution in [0.25, 0.3) is 6.08 Å². The lowest BCUT2D eigenvalue weighted by atomic mass is 10.2. The third kappa shape index (κ3) is 3.60. The molecule has 0 aliphatic rings. The SMILES string of the molecule is C=Cc1ccc(P(c2ccc(C)cc2)c2ccc(C)cc2)cc1. The molecule has 0 bridgehead atoms. The highest BCUT2D eigenvalue weighted by Crippen LogP contribution is 2.33. The fourth-order valence-electron chi connectivity index (χ4n) is 2.59. The van der Waals surface area contributed by atoms with E-state index in [0.29, 0.717) is 0 Å². The van der Waals surface area contributed by atoms with Gasteiger partial charge in [0.2, 0.25) is 0 Å². The van der Waals surface area contributed by atoms with Gasteiger partial charge in [-0.05, 0) is 43.2 Å². The quantitative estimate of drug-likeness (QED) is 0.612. The van der Waals surface area contributed by atoms with Crippen molar-refractivity contribution >= 4 is 29.9 Å². The second kappa shape index (κ2) is 6.94. The van der Waals surface area contributed by atoms with Crippen molar-refractivity contribution in [2.24, 2.45) is 0 Å². The fraction of sp³-hybridized carbons (Fsp3) is 0.0909. The molecule has 0 heterocycles. The summed E-state index contributed by atoms with van der Waals surface area (Å²) in [6, 6.07) is 26.7. The van der Waals surface area contributed by atoms with E-state index >= 15 is 0 Å². The summed E-state index contributed by atoms with van der Waals surface area (Å²) in [5.74, 6) is 0. The highest BCUT2D eigenvalue weighted by molar-refractivity contribution is 7.79. The average Bonchev–Trinajstić information content (AvgIpc) is 2.59. The van der Waals surface area contributed by atoms with Gasteiger partial charge in [0.1, 0.15) is 0 Å². The van der Waals surface area contributed by atoms with Crippen LogP contribution in [-0.2, 0) is 0 Å². The van der Waals surface area contributed by atoms with E-state index in [2.05, 4.69) is 93.2 Å². The van der Waals surface area contributed by atoms with Crippen LogP contribution >= 0.6 is 7.92 Å². The largest absolute Gasteiger partial charge is 0.0985 e. The zero-order valence-electron chi connectivity index (χ0n) is 13.7. The smallest absolute Gasteiger partial charge is 0.0134 e. The van der Waals surface area contributed by atoms with Crippen molar-refractivity contribution in [1.29, 1.82) is 0 Å². The Morgan fingerprint density at radius 3 is 1.30 bits per heavy atom. The van der Waals surface area contributed by atoms with Crippen molar-refractivity contribution in [3.8, 4) is 0 Å². The summed E-state index contributed by atoms with van der Waals surface area (Å²) in [5.41, 5.74) is 3.76. The van der Waals surface area contributed by atoms with Gasteiger partial charge >= 0.3 is 0 Å². The van der Waals surface area contributed by atoms with Crippen molar-refractivity contribution in [2.45, 2.75) is 13.8 Å². The zero-order chi connectivity index (χ0) is 16.2. The van der Waals surface area contributed by atoms with Crippen LogP contribution in [-0.4, -0.2) is 0 Å². The van der Waals surface area contributed by atoms with Gasteiger partial charge in [0.05, 0.1) is 0 Å². The molecule has 1 heteroatoms. The Hall–Kier alpha value is -2.17. The predicted molar refractivity (Wildman–Crippen MR) is 105 cm³/mol. The molecule has 0 aliphatic heterocycles. The van der Waals surface area contributed by atoms with E-state index < -0.39 is 7.92 Å². The highest BCUT2D eigenvalue weighted by Gasteiger charge is 2.16. The van der Waals surface area contributed by atoms with E-state index in [4.69, 9.17) is 0 Å². The van der Waals surface area contributed by atoms with Crippen molar-refractivity contribution in [1.82, 2.24) is 0 Å². The monoisotopic (exact) mass is 316 g/mol. The summed E-state index contributed by atoms with van der Waals surface area (Å²) >= 11 is 0. The summed E-state index contributed by atoms with van der Waals surface area (Å²) < 4.78 is 0. The van der Waals surface area contributed by atoms with Crippen LogP contribution in [0.5, 0.6) is 0 Å². The molecule has 0 atom stereocenters. The van der Waals surface area contributed by atoms with E-state index in [1.54, 1.807) is 0 Å². The number of benzene rings is 3. The van der Waals surface area contributed by atoms with Gasteiger partial charge in [-0.15, -0.1) is 0 Å². The first-order valence-electron chi connectivity index (χ1n) is 7.83. The van der Waals surface area contributed by atoms with Crippen LogP contribution in [0.4, 0.5) is 0 Å². The molecular weight excluding hydrogens is 295 g/mol. The molecule has 0 unspecified atom stereocenters. The van der Waals surface area contributed by atoms with Crippen molar-refractivity contribution in [3.63, 3.8) is 0 Å². The normalized spacial score (nSPS) is 10.7. The Labute approximate surface area is 140 Å². The topological polar surface area (TPSA) is 0 Å². The van der Waals surface area contributed by atoms with E-state index in [0.717, 1.165) is 5.56 Å². The van der Waals surface area contributed by atoms with Crippen molar-refractivity contribution in [3.05, 3.63) is 96.1 Å². The van der Waals surface area contributed by atoms with Crippen molar-refractivity contribution < 1.29 is 0 Å². The molecule has 23 heavy (non-hydrogen) atoms. The Balaban J connectivity index is 2.10. The molecule has 0 fully saturated rings. The molecule has 0 nitrogen and oxygen atoms in total. The highest BCUT2D eigenvalue weighted by atomic mass is 31.1. The molecule has 0 aliphatic carbocycles. The summed E-state index contributed by atoms with van der Waals surface area (Å²) in [6.07, 6.45) is 1.89. The van der Waals surface area contributed by atoms with Gasteiger partial charge in [0.15, 0.2) is 0 Å². The average molecular weight is 316 g/mol. The molecule has 3 rings (SSSR count). The molecule has 3 aromatic carbocycles. The summed E-state index contributed by atoms with van der Waals surface area (Å²) in [5, 5.41) is 4.15. The maximum absolute atomic E-state index is 3.85. The molecule has 0 radical (unpaired) electrons. The van der Waals surface area contributed by atoms with Gasteiger partial charge in [0, 0.05) is 0 Å². The van der Waals surface area contributed by atoms with Crippen LogP contribution in [0.3, 0.4) is 0 Å². The predicted octanol–water partition coefficient (Wildman–Crippen LogP) is 4.70. The van der Waals surface area contributed by atoms with E-state index in [1.165, 1.54) is 27.0 Å². The Kier molecular flexibility index (Phi) is 4.74. The number of aryl methyl sites for hydroxylation is 2. The minimum absolute atomic E-state index is 0.522. The molecule has 0 amide bonds. The van der Waals surface area contributed by atoms with Gasteiger partial charge in [-0.25, -0.2) is 0 Å². The van der Waals surface area contributed by atoms with Crippen LogP contribution in [0.1, 0.15) is 16.7 Å². The summed E-state index contributed by atoms with van der Waals surface area (Å²) in [4.78, 5) is 0.